The first-order valence-corrected chi connectivity index (χ1v) is 13.4. The van der Waals surface area contributed by atoms with Gasteiger partial charge in [0.25, 0.3) is 0 Å². The summed E-state index contributed by atoms with van der Waals surface area (Å²) in [6, 6.07) is -3.44. The molecule has 0 bridgehead atoms. The SMILES string of the molecule is NCCC[C@@H]1NC(=O)[C@@H]2CCCN2C(=O)CNC(=O)[C@H](CCCN)NC(=O)[C@@H]2CCCN2C(=O)CNC1=O. The van der Waals surface area contributed by atoms with Crippen molar-refractivity contribution in [3.8, 4) is 0 Å². The lowest BCUT2D eigenvalue weighted by Crippen LogP contribution is -2.57. The van der Waals surface area contributed by atoms with E-state index in [0.717, 1.165) is 0 Å². The predicted molar refractivity (Wildman–Crippen MR) is 136 cm³/mol. The zero-order valence-electron chi connectivity index (χ0n) is 21.7. The van der Waals surface area contributed by atoms with E-state index in [2.05, 4.69) is 21.3 Å². The quantitative estimate of drug-likeness (QED) is 0.202. The molecule has 0 spiro atoms. The van der Waals surface area contributed by atoms with Crippen LogP contribution in [-0.2, 0) is 28.8 Å². The number of carbonyl (C=O) groups excluding carboxylic acids is 6. The Bertz CT molecular complexity index is 842. The molecule has 4 atom stereocenters. The first-order valence-electron chi connectivity index (χ1n) is 13.4. The maximum Gasteiger partial charge on any atom is 0.243 e. The van der Waals surface area contributed by atoms with Gasteiger partial charge in [0.15, 0.2) is 0 Å². The van der Waals surface area contributed by atoms with Crippen molar-refractivity contribution < 1.29 is 28.8 Å². The van der Waals surface area contributed by atoms with E-state index in [1.54, 1.807) is 0 Å². The summed E-state index contributed by atoms with van der Waals surface area (Å²) in [6.45, 7) is 0.607. The van der Waals surface area contributed by atoms with Crippen molar-refractivity contribution in [2.75, 3.05) is 39.3 Å². The molecule has 3 saturated heterocycles. The predicted octanol–water partition coefficient (Wildman–Crippen LogP) is -3.34. The van der Waals surface area contributed by atoms with Crippen LogP contribution < -0.4 is 32.7 Å². The molecule has 0 saturated carbocycles. The molecule has 0 aromatic heterocycles. The molecule has 14 nitrogen and oxygen atoms in total. The zero-order valence-corrected chi connectivity index (χ0v) is 21.7. The highest BCUT2D eigenvalue weighted by Gasteiger charge is 2.38. The van der Waals surface area contributed by atoms with Crippen molar-refractivity contribution >= 4 is 35.4 Å². The van der Waals surface area contributed by atoms with Gasteiger partial charge in [-0.15, -0.1) is 0 Å². The lowest BCUT2D eigenvalue weighted by Gasteiger charge is -2.29. The second-order valence-corrected chi connectivity index (χ2v) is 9.91. The number of carbonyl (C=O) groups is 6. The number of fused-ring (bicyclic) bond motifs is 2. The van der Waals surface area contributed by atoms with E-state index in [0.29, 0.717) is 64.7 Å². The average Bonchev–Trinajstić information content (AvgIpc) is 3.60. The Kier molecular flexibility index (Phi) is 10.8. The van der Waals surface area contributed by atoms with Gasteiger partial charge >= 0.3 is 0 Å². The molecule has 8 N–H and O–H groups in total. The maximum absolute atomic E-state index is 13.1. The summed E-state index contributed by atoms with van der Waals surface area (Å²) in [6.07, 6.45) is 3.48. The molecule has 6 amide bonds. The minimum absolute atomic E-state index is 0.262. The van der Waals surface area contributed by atoms with Crippen molar-refractivity contribution in [3.05, 3.63) is 0 Å². The van der Waals surface area contributed by atoms with Crippen molar-refractivity contribution in [2.24, 2.45) is 11.5 Å². The van der Waals surface area contributed by atoms with Crippen LogP contribution in [-0.4, -0.2) is 109 Å². The third-order valence-electron chi connectivity index (χ3n) is 7.24. The van der Waals surface area contributed by atoms with Crippen molar-refractivity contribution in [1.82, 2.24) is 31.1 Å². The molecule has 38 heavy (non-hydrogen) atoms. The Morgan fingerprint density at radius 2 is 1.03 bits per heavy atom. The molecular formula is C24H40N8O6. The summed E-state index contributed by atoms with van der Waals surface area (Å²) in [4.78, 5) is 80.8. The van der Waals surface area contributed by atoms with Gasteiger partial charge in [-0.1, -0.05) is 0 Å². The normalized spacial score (nSPS) is 28.1. The summed E-state index contributed by atoms with van der Waals surface area (Å²) in [7, 11) is 0. The monoisotopic (exact) mass is 536 g/mol. The zero-order chi connectivity index (χ0) is 27.7. The standard InChI is InChI=1S/C24H40N8O6/c25-9-1-5-15-21(35)27-13-19(33)32-12-4-8-18(32)24(38)30-16(6-2-10-26)22(36)28-14-20(34)31-11-3-7-17(31)23(37)29-15/h15-18H,1-14,25-26H2,(H,27,35)(H,28,36)(H,29,37)(H,30,38)/t15-,16-,17-,18-/m0/s1. The van der Waals surface area contributed by atoms with Crippen LogP contribution in [0.4, 0.5) is 0 Å². The van der Waals surface area contributed by atoms with Gasteiger partial charge in [0, 0.05) is 13.1 Å². The largest absolute Gasteiger partial charge is 0.345 e. The van der Waals surface area contributed by atoms with Crippen LogP contribution in [0.25, 0.3) is 0 Å². The smallest absolute Gasteiger partial charge is 0.243 e. The second kappa shape index (κ2) is 14.0. The highest BCUT2D eigenvalue weighted by Crippen LogP contribution is 2.19. The summed E-state index contributed by atoms with van der Waals surface area (Å²) in [5.41, 5.74) is 11.2. The molecule has 0 aromatic carbocycles. The number of amides is 6. The highest BCUT2D eigenvalue weighted by molar-refractivity contribution is 5.97. The molecule has 3 heterocycles. The average molecular weight is 537 g/mol. The number of nitrogens with one attached hydrogen (secondary N) is 4. The molecule has 0 unspecified atom stereocenters. The lowest BCUT2D eigenvalue weighted by atomic mass is 10.1. The van der Waals surface area contributed by atoms with Crippen LogP contribution in [0.5, 0.6) is 0 Å². The van der Waals surface area contributed by atoms with Crippen LogP contribution in [0.3, 0.4) is 0 Å². The van der Waals surface area contributed by atoms with Crippen LogP contribution in [0, 0.1) is 0 Å². The Balaban J connectivity index is 1.84. The van der Waals surface area contributed by atoms with Crippen LogP contribution in [0.15, 0.2) is 0 Å². The van der Waals surface area contributed by atoms with Gasteiger partial charge in [0.1, 0.15) is 24.2 Å². The number of hydrogen-bond donors (Lipinski definition) is 6. The van der Waals surface area contributed by atoms with Crippen molar-refractivity contribution in [1.29, 1.82) is 0 Å². The Hall–Kier alpha value is -3.26. The fraction of sp³-hybridized carbons (Fsp3) is 0.750. The van der Waals surface area contributed by atoms with E-state index >= 15 is 0 Å². The number of nitrogens with two attached hydrogens (primary N) is 2. The molecule has 0 aromatic rings. The first-order chi connectivity index (χ1) is 18.3. The molecular weight excluding hydrogens is 496 g/mol. The third-order valence-corrected chi connectivity index (χ3v) is 7.24. The summed E-state index contributed by atoms with van der Waals surface area (Å²) in [5, 5.41) is 10.6. The molecule has 3 rings (SSSR count). The number of hydrogen-bond acceptors (Lipinski definition) is 8. The molecule has 0 aliphatic carbocycles. The molecule has 14 heteroatoms. The Morgan fingerprint density at radius 1 is 0.632 bits per heavy atom. The lowest BCUT2D eigenvalue weighted by molar-refractivity contribution is -0.141. The summed E-state index contributed by atoms with van der Waals surface area (Å²) in [5.74, 6) is -2.88. The summed E-state index contributed by atoms with van der Waals surface area (Å²) < 4.78 is 0. The minimum Gasteiger partial charge on any atom is -0.345 e. The minimum atomic E-state index is -0.934. The van der Waals surface area contributed by atoms with Gasteiger partial charge in [-0.05, 0) is 64.5 Å². The van der Waals surface area contributed by atoms with E-state index in [1.165, 1.54) is 9.80 Å². The van der Waals surface area contributed by atoms with E-state index in [4.69, 9.17) is 11.5 Å². The molecule has 3 fully saturated rings. The molecule has 3 aliphatic rings. The van der Waals surface area contributed by atoms with Crippen LogP contribution in [0.2, 0.25) is 0 Å². The van der Waals surface area contributed by atoms with E-state index in [-0.39, 0.29) is 25.9 Å². The third kappa shape index (κ3) is 7.40. The summed E-state index contributed by atoms with van der Waals surface area (Å²) >= 11 is 0. The Labute approximate surface area is 221 Å². The fourth-order valence-electron chi connectivity index (χ4n) is 5.17. The maximum atomic E-state index is 13.1. The van der Waals surface area contributed by atoms with Gasteiger partial charge in [-0.25, -0.2) is 0 Å². The number of nitrogens with zero attached hydrogens (tertiary/aromatic N) is 2. The first kappa shape index (κ1) is 29.3. The van der Waals surface area contributed by atoms with E-state index < -0.39 is 59.6 Å². The van der Waals surface area contributed by atoms with Gasteiger partial charge in [0.2, 0.25) is 35.4 Å². The van der Waals surface area contributed by atoms with Crippen LogP contribution in [0.1, 0.15) is 51.4 Å². The topological polar surface area (TPSA) is 209 Å². The van der Waals surface area contributed by atoms with Crippen LogP contribution >= 0.6 is 0 Å². The second-order valence-electron chi connectivity index (χ2n) is 9.91. The highest BCUT2D eigenvalue weighted by atomic mass is 16.2. The Morgan fingerprint density at radius 3 is 1.39 bits per heavy atom. The van der Waals surface area contributed by atoms with Gasteiger partial charge in [-0.3, -0.25) is 28.8 Å². The number of rotatable bonds is 6. The van der Waals surface area contributed by atoms with Gasteiger partial charge in [0.05, 0.1) is 13.1 Å². The van der Waals surface area contributed by atoms with Crippen molar-refractivity contribution in [2.45, 2.75) is 75.5 Å². The molecule has 0 radical (unpaired) electrons. The van der Waals surface area contributed by atoms with Gasteiger partial charge < -0.3 is 42.5 Å². The molecule has 3 aliphatic heterocycles. The van der Waals surface area contributed by atoms with Crippen molar-refractivity contribution in [3.63, 3.8) is 0 Å². The molecule has 212 valence electrons. The van der Waals surface area contributed by atoms with E-state index in [1.807, 2.05) is 0 Å². The van der Waals surface area contributed by atoms with E-state index in [9.17, 15) is 28.8 Å². The van der Waals surface area contributed by atoms with Gasteiger partial charge in [-0.2, -0.15) is 0 Å². The fourth-order valence-corrected chi connectivity index (χ4v) is 5.17.